The summed E-state index contributed by atoms with van der Waals surface area (Å²) in [6, 6.07) is 0.193. The van der Waals surface area contributed by atoms with Crippen molar-refractivity contribution < 1.29 is 9.90 Å². The summed E-state index contributed by atoms with van der Waals surface area (Å²) in [5.41, 5.74) is 0. The van der Waals surface area contributed by atoms with Crippen molar-refractivity contribution in [1.82, 2.24) is 5.32 Å². The van der Waals surface area contributed by atoms with Gasteiger partial charge >= 0.3 is 0 Å². The maximum absolute atomic E-state index is 11.1. The number of aliphatic hydroxyl groups is 1. The summed E-state index contributed by atoms with van der Waals surface area (Å²) in [6.07, 6.45) is 3.02. The molecule has 13 heavy (non-hydrogen) atoms. The lowest BCUT2D eigenvalue weighted by atomic mass is 9.85. The summed E-state index contributed by atoms with van der Waals surface area (Å²) in [5.74, 6) is 0.474. The van der Waals surface area contributed by atoms with E-state index in [4.69, 9.17) is 0 Å². The Hall–Kier alpha value is -0.570. The Morgan fingerprint density at radius 2 is 2.23 bits per heavy atom. The van der Waals surface area contributed by atoms with Gasteiger partial charge in [0.15, 0.2) is 0 Å². The van der Waals surface area contributed by atoms with Gasteiger partial charge in [-0.3, -0.25) is 4.79 Å². The highest BCUT2D eigenvalue weighted by molar-refractivity contribution is 5.75. The molecule has 3 heteroatoms. The number of carbonyl (C=O) groups is 1. The van der Waals surface area contributed by atoms with Crippen LogP contribution in [0.4, 0.5) is 0 Å². The molecule has 2 N–H and O–H groups in total. The second-order valence-electron chi connectivity index (χ2n) is 3.98. The van der Waals surface area contributed by atoms with Gasteiger partial charge in [-0.05, 0) is 25.2 Å². The van der Waals surface area contributed by atoms with E-state index in [-0.39, 0.29) is 18.1 Å². The molecule has 1 fully saturated rings. The first-order valence-electron chi connectivity index (χ1n) is 5.11. The zero-order valence-electron chi connectivity index (χ0n) is 8.42. The van der Waals surface area contributed by atoms with Gasteiger partial charge in [0.05, 0.1) is 6.10 Å². The summed E-state index contributed by atoms with van der Waals surface area (Å²) in [4.78, 5) is 11.1. The third kappa shape index (κ3) is 2.99. The molecular weight excluding hydrogens is 166 g/mol. The number of hydrogen-bond donors (Lipinski definition) is 2. The fourth-order valence-corrected chi connectivity index (χ4v) is 1.76. The van der Waals surface area contributed by atoms with Gasteiger partial charge in [-0.15, -0.1) is 0 Å². The molecule has 1 aliphatic carbocycles. The van der Waals surface area contributed by atoms with Crippen LogP contribution in [-0.4, -0.2) is 23.2 Å². The van der Waals surface area contributed by atoms with E-state index in [1.54, 1.807) is 0 Å². The van der Waals surface area contributed by atoms with Crippen LogP contribution in [0.1, 0.15) is 39.5 Å². The molecule has 76 valence electrons. The number of hydrogen-bond acceptors (Lipinski definition) is 2. The van der Waals surface area contributed by atoms with E-state index < -0.39 is 0 Å². The van der Waals surface area contributed by atoms with Crippen molar-refractivity contribution in [2.45, 2.75) is 51.7 Å². The maximum Gasteiger partial charge on any atom is 0.219 e. The van der Waals surface area contributed by atoms with Crippen LogP contribution in [0.25, 0.3) is 0 Å². The summed E-state index contributed by atoms with van der Waals surface area (Å²) < 4.78 is 0. The first kappa shape index (κ1) is 10.5. The van der Waals surface area contributed by atoms with Crippen molar-refractivity contribution >= 4 is 5.91 Å². The summed E-state index contributed by atoms with van der Waals surface area (Å²) in [6.45, 7) is 3.90. The number of carbonyl (C=O) groups excluding carboxylic acids is 1. The molecule has 3 nitrogen and oxygen atoms in total. The lowest BCUT2D eigenvalue weighted by Crippen LogP contribution is -2.42. The van der Waals surface area contributed by atoms with E-state index in [0.29, 0.717) is 18.8 Å². The summed E-state index contributed by atoms with van der Waals surface area (Å²) in [7, 11) is 0. The average molecular weight is 185 g/mol. The molecule has 0 aromatic rings. The van der Waals surface area contributed by atoms with Crippen LogP contribution in [0.5, 0.6) is 0 Å². The van der Waals surface area contributed by atoms with E-state index >= 15 is 0 Å². The Morgan fingerprint density at radius 1 is 1.54 bits per heavy atom. The van der Waals surface area contributed by atoms with Crippen molar-refractivity contribution in [2.24, 2.45) is 5.92 Å². The minimum Gasteiger partial charge on any atom is -0.393 e. The van der Waals surface area contributed by atoms with E-state index in [0.717, 1.165) is 12.8 Å². The van der Waals surface area contributed by atoms with Crippen molar-refractivity contribution in [2.75, 3.05) is 0 Å². The molecule has 0 radical (unpaired) electrons. The fourth-order valence-electron chi connectivity index (χ4n) is 1.76. The van der Waals surface area contributed by atoms with Gasteiger partial charge in [-0.1, -0.05) is 13.8 Å². The van der Waals surface area contributed by atoms with Crippen molar-refractivity contribution in [3.05, 3.63) is 0 Å². The van der Waals surface area contributed by atoms with Gasteiger partial charge in [0.2, 0.25) is 5.91 Å². The molecule has 1 aliphatic rings. The molecule has 3 atom stereocenters. The van der Waals surface area contributed by atoms with Crippen LogP contribution in [0.3, 0.4) is 0 Å². The van der Waals surface area contributed by atoms with Gasteiger partial charge < -0.3 is 10.4 Å². The summed E-state index contributed by atoms with van der Waals surface area (Å²) in [5, 5.41) is 12.5. The first-order valence-corrected chi connectivity index (χ1v) is 5.11. The lowest BCUT2D eigenvalue weighted by Gasteiger charge is -2.31. The average Bonchev–Trinajstić information content (AvgIpc) is 2.11. The molecule has 0 saturated heterocycles. The quantitative estimate of drug-likeness (QED) is 0.676. The molecule has 0 aromatic heterocycles. The third-order valence-corrected chi connectivity index (χ3v) is 2.84. The molecule has 0 aliphatic heterocycles. The highest BCUT2D eigenvalue weighted by Gasteiger charge is 2.26. The monoisotopic (exact) mass is 185 g/mol. The predicted octanol–water partition coefficient (Wildman–Crippen LogP) is 1.06. The molecule has 0 aromatic carbocycles. The van der Waals surface area contributed by atoms with Gasteiger partial charge in [0.25, 0.3) is 0 Å². The largest absolute Gasteiger partial charge is 0.393 e. The lowest BCUT2D eigenvalue weighted by molar-refractivity contribution is -0.122. The molecule has 1 amide bonds. The molecule has 1 saturated carbocycles. The standard InChI is InChI=1S/C10H19NO2/c1-3-10(13)11-8-5-4-7(2)9(12)6-8/h7-9,12H,3-6H2,1-2H3,(H,11,13)/t7-,8?,9?/m1/s1. The van der Waals surface area contributed by atoms with Gasteiger partial charge in [-0.2, -0.15) is 0 Å². The van der Waals surface area contributed by atoms with Crippen molar-refractivity contribution in [3.8, 4) is 0 Å². The third-order valence-electron chi connectivity index (χ3n) is 2.84. The topological polar surface area (TPSA) is 49.3 Å². The smallest absolute Gasteiger partial charge is 0.219 e. The second-order valence-corrected chi connectivity index (χ2v) is 3.98. The predicted molar refractivity (Wildman–Crippen MR) is 51.2 cm³/mol. The highest BCUT2D eigenvalue weighted by Crippen LogP contribution is 2.24. The van der Waals surface area contributed by atoms with E-state index in [2.05, 4.69) is 12.2 Å². The SMILES string of the molecule is CCC(=O)NC1CC[C@@H](C)C(O)C1. The number of aliphatic hydroxyl groups excluding tert-OH is 1. The van der Waals surface area contributed by atoms with Crippen molar-refractivity contribution in [1.29, 1.82) is 0 Å². The zero-order chi connectivity index (χ0) is 9.84. The molecule has 0 bridgehead atoms. The Morgan fingerprint density at radius 3 is 2.77 bits per heavy atom. The Kier molecular flexibility index (Phi) is 3.72. The van der Waals surface area contributed by atoms with Gasteiger partial charge in [0.1, 0.15) is 0 Å². The Labute approximate surface area is 79.5 Å². The van der Waals surface area contributed by atoms with Crippen LogP contribution in [0, 0.1) is 5.92 Å². The molecule has 1 rings (SSSR count). The van der Waals surface area contributed by atoms with E-state index in [9.17, 15) is 9.90 Å². The van der Waals surface area contributed by atoms with Crippen LogP contribution in [0.15, 0.2) is 0 Å². The molecule has 2 unspecified atom stereocenters. The van der Waals surface area contributed by atoms with Crippen LogP contribution >= 0.6 is 0 Å². The van der Waals surface area contributed by atoms with E-state index in [1.165, 1.54) is 0 Å². The van der Waals surface area contributed by atoms with Crippen LogP contribution < -0.4 is 5.32 Å². The van der Waals surface area contributed by atoms with E-state index in [1.807, 2.05) is 6.92 Å². The first-order chi connectivity index (χ1) is 6.13. The Balaban J connectivity index is 2.33. The molecule has 0 spiro atoms. The minimum atomic E-state index is -0.240. The van der Waals surface area contributed by atoms with Crippen molar-refractivity contribution in [3.63, 3.8) is 0 Å². The highest BCUT2D eigenvalue weighted by atomic mass is 16.3. The number of amides is 1. The van der Waals surface area contributed by atoms with Crippen LogP contribution in [-0.2, 0) is 4.79 Å². The molecule has 0 heterocycles. The van der Waals surface area contributed by atoms with Crippen LogP contribution in [0.2, 0.25) is 0 Å². The normalized spacial score (nSPS) is 34.2. The zero-order valence-corrected chi connectivity index (χ0v) is 8.42. The van der Waals surface area contributed by atoms with Gasteiger partial charge in [0, 0.05) is 12.5 Å². The minimum absolute atomic E-state index is 0.0896. The number of rotatable bonds is 2. The second kappa shape index (κ2) is 4.61. The fraction of sp³-hybridized carbons (Fsp3) is 0.900. The maximum atomic E-state index is 11.1. The Bertz CT molecular complexity index is 182. The summed E-state index contributed by atoms with van der Waals surface area (Å²) >= 11 is 0. The molecular formula is C10H19NO2. The number of nitrogens with one attached hydrogen (secondary N) is 1. The van der Waals surface area contributed by atoms with Gasteiger partial charge in [-0.25, -0.2) is 0 Å².